The van der Waals surface area contributed by atoms with Gasteiger partial charge in [-0.3, -0.25) is 0 Å². The summed E-state index contributed by atoms with van der Waals surface area (Å²) in [7, 11) is 0. The highest BCUT2D eigenvalue weighted by Crippen LogP contribution is 2.15. The molecule has 0 bridgehead atoms. The normalized spacial score (nSPS) is 11.3. The van der Waals surface area contributed by atoms with Gasteiger partial charge >= 0.3 is 0 Å². The lowest BCUT2D eigenvalue weighted by Crippen LogP contribution is -1.97. The molecule has 2 aromatic rings. The summed E-state index contributed by atoms with van der Waals surface area (Å²) in [4.78, 5) is 3.29. The van der Waals surface area contributed by atoms with E-state index in [1.54, 1.807) is 0 Å². The SMILES string of the molecule is CCCCCCCCCCCCn1c(=S)[nH]c2ccccc21. The van der Waals surface area contributed by atoms with Crippen LogP contribution in [0, 0.1) is 4.77 Å². The fourth-order valence-electron chi connectivity index (χ4n) is 3.09. The largest absolute Gasteiger partial charge is 0.331 e. The molecule has 22 heavy (non-hydrogen) atoms. The Morgan fingerprint density at radius 2 is 1.45 bits per heavy atom. The fourth-order valence-corrected chi connectivity index (χ4v) is 3.39. The molecule has 0 amide bonds. The highest BCUT2D eigenvalue weighted by Gasteiger charge is 2.02. The Hall–Kier alpha value is -1.09. The molecule has 0 radical (unpaired) electrons. The maximum absolute atomic E-state index is 5.43. The molecule has 3 heteroatoms. The predicted octanol–water partition coefficient (Wildman–Crippen LogP) is 6.62. The molecule has 1 N–H and O–H groups in total. The number of aryl methyl sites for hydroxylation is 1. The number of hydrogen-bond donors (Lipinski definition) is 1. The molecule has 0 unspecified atom stereocenters. The molecule has 0 saturated heterocycles. The molecule has 2 rings (SSSR count). The predicted molar refractivity (Wildman–Crippen MR) is 99.0 cm³/mol. The number of rotatable bonds is 11. The number of nitrogens with one attached hydrogen (secondary N) is 1. The van der Waals surface area contributed by atoms with E-state index in [1.807, 2.05) is 0 Å². The number of imidazole rings is 1. The first-order valence-corrected chi connectivity index (χ1v) is 9.41. The Balaban J connectivity index is 1.60. The number of aromatic nitrogens is 2. The number of H-pyrrole nitrogens is 1. The summed E-state index contributed by atoms with van der Waals surface area (Å²) in [5, 5.41) is 0. The van der Waals surface area contributed by atoms with Crippen molar-refractivity contribution in [1.29, 1.82) is 0 Å². The molecule has 122 valence electrons. The lowest BCUT2D eigenvalue weighted by molar-refractivity contribution is 0.536. The van der Waals surface area contributed by atoms with Gasteiger partial charge in [-0.05, 0) is 30.8 Å². The van der Waals surface area contributed by atoms with Crippen molar-refractivity contribution >= 4 is 23.3 Å². The highest BCUT2D eigenvalue weighted by molar-refractivity contribution is 7.71. The van der Waals surface area contributed by atoms with E-state index in [4.69, 9.17) is 12.2 Å². The fraction of sp³-hybridized carbons (Fsp3) is 0.632. The number of aromatic amines is 1. The van der Waals surface area contributed by atoms with Gasteiger partial charge in [0.15, 0.2) is 4.77 Å². The molecule has 0 aliphatic heterocycles. The van der Waals surface area contributed by atoms with Crippen LogP contribution in [0.5, 0.6) is 0 Å². The lowest BCUT2D eigenvalue weighted by Gasteiger charge is -2.05. The van der Waals surface area contributed by atoms with Crippen LogP contribution in [0.3, 0.4) is 0 Å². The zero-order valence-corrected chi connectivity index (χ0v) is 14.8. The summed E-state index contributed by atoms with van der Waals surface area (Å²) in [6.07, 6.45) is 13.7. The lowest BCUT2D eigenvalue weighted by atomic mass is 10.1. The minimum Gasteiger partial charge on any atom is -0.331 e. The number of nitrogens with zero attached hydrogens (tertiary/aromatic N) is 1. The zero-order valence-electron chi connectivity index (χ0n) is 13.9. The van der Waals surface area contributed by atoms with Gasteiger partial charge in [-0.15, -0.1) is 0 Å². The van der Waals surface area contributed by atoms with Gasteiger partial charge in [-0.2, -0.15) is 0 Å². The van der Waals surface area contributed by atoms with Crippen LogP contribution in [0.15, 0.2) is 24.3 Å². The van der Waals surface area contributed by atoms with Gasteiger partial charge in [0.1, 0.15) is 0 Å². The molecule has 2 nitrogen and oxygen atoms in total. The Bertz CT molecular complexity index is 597. The third-order valence-electron chi connectivity index (χ3n) is 4.42. The molecular weight excluding hydrogens is 288 g/mol. The minimum absolute atomic E-state index is 0.858. The molecule has 0 fully saturated rings. The average Bonchev–Trinajstić information content (AvgIpc) is 2.85. The number of para-hydroxylation sites is 2. The van der Waals surface area contributed by atoms with Gasteiger partial charge in [-0.1, -0.05) is 76.8 Å². The average molecular weight is 319 g/mol. The van der Waals surface area contributed by atoms with Gasteiger partial charge in [0.25, 0.3) is 0 Å². The molecule has 0 spiro atoms. The van der Waals surface area contributed by atoms with Crippen LogP contribution < -0.4 is 0 Å². The Morgan fingerprint density at radius 1 is 0.864 bits per heavy atom. The molecule has 1 aromatic carbocycles. The molecule has 0 aliphatic carbocycles. The topological polar surface area (TPSA) is 20.7 Å². The van der Waals surface area contributed by atoms with E-state index >= 15 is 0 Å². The molecular formula is C19H30N2S. The number of hydrogen-bond acceptors (Lipinski definition) is 1. The van der Waals surface area contributed by atoms with Crippen molar-refractivity contribution in [3.8, 4) is 0 Å². The van der Waals surface area contributed by atoms with Crippen LogP contribution in [0.4, 0.5) is 0 Å². The second-order valence-electron chi connectivity index (χ2n) is 6.28. The molecule has 0 atom stereocenters. The van der Waals surface area contributed by atoms with E-state index in [2.05, 4.69) is 40.7 Å². The standard InChI is InChI=1S/C19H30N2S/c1-2-3-4-5-6-7-8-9-10-13-16-21-18-15-12-11-14-17(18)20-19(21)22/h11-12,14-15H,2-10,13,16H2,1H3,(H,20,22). The van der Waals surface area contributed by atoms with Gasteiger partial charge in [0, 0.05) is 6.54 Å². The van der Waals surface area contributed by atoms with Crippen LogP contribution in [0.25, 0.3) is 11.0 Å². The van der Waals surface area contributed by atoms with Crippen molar-refractivity contribution in [3.05, 3.63) is 29.0 Å². The summed E-state index contributed by atoms with van der Waals surface area (Å²) < 4.78 is 3.10. The first kappa shape index (κ1) is 17.3. The van der Waals surface area contributed by atoms with E-state index in [1.165, 1.54) is 69.7 Å². The van der Waals surface area contributed by atoms with E-state index in [-0.39, 0.29) is 0 Å². The Labute approximate surface area is 139 Å². The summed E-state index contributed by atoms with van der Waals surface area (Å²) in [5.41, 5.74) is 2.39. The van der Waals surface area contributed by atoms with Crippen LogP contribution in [0.2, 0.25) is 0 Å². The quantitative estimate of drug-likeness (QED) is 0.365. The van der Waals surface area contributed by atoms with Gasteiger partial charge < -0.3 is 9.55 Å². The van der Waals surface area contributed by atoms with Crippen molar-refractivity contribution in [2.45, 2.75) is 77.7 Å². The number of benzene rings is 1. The van der Waals surface area contributed by atoms with Crippen LogP contribution >= 0.6 is 12.2 Å². The minimum atomic E-state index is 0.858. The Morgan fingerprint density at radius 3 is 2.14 bits per heavy atom. The van der Waals surface area contributed by atoms with Gasteiger partial charge in [0.2, 0.25) is 0 Å². The molecule has 1 heterocycles. The smallest absolute Gasteiger partial charge is 0.178 e. The summed E-state index contributed by atoms with van der Waals surface area (Å²) in [6.45, 7) is 3.32. The van der Waals surface area contributed by atoms with E-state index < -0.39 is 0 Å². The van der Waals surface area contributed by atoms with Crippen molar-refractivity contribution in [1.82, 2.24) is 9.55 Å². The summed E-state index contributed by atoms with van der Waals surface area (Å²) in [6, 6.07) is 8.39. The van der Waals surface area contributed by atoms with E-state index in [9.17, 15) is 0 Å². The van der Waals surface area contributed by atoms with Crippen molar-refractivity contribution in [3.63, 3.8) is 0 Å². The second-order valence-corrected chi connectivity index (χ2v) is 6.67. The molecule has 0 aliphatic rings. The summed E-state index contributed by atoms with van der Waals surface area (Å²) >= 11 is 5.43. The van der Waals surface area contributed by atoms with E-state index in [0.717, 1.165) is 16.8 Å². The van der Waals surface area contributed by atoms with Gasteiger partial charge in [0.05, 0.1) is 11.0 Å². The second kappa shape index (κ2) is 9.83. The van der Waals surface area contributed by atoms with Gasteiger partial charge in [-0.25, -0.2) is 0 Å². The van der Waals surface area contributed by atoms with Crippen LogP contribution in [-0.2, 0) is 6.54 Å². The van der Waals surface area contributed by atoms with Crippen molar-refractivity contribution in [2.75, 3.05) is 0 Å². The third kappa shape index (κ3) is 5.28. The first-order chi connectivity index (χ1) is 10.8. The maximum Gasteiger partial charge on any atom is 0.178 e. The highest BCUT2D eigenvalue weighted by atomic mass is 32.1. The summed E-state index contributed by atoms with van der Waals surface area (Å²) in [5.74, 6) is 0. The van der Waals surface area contributed by atoms with Crippen molar-refractivity contribution < 1.29 is 0 Å². The first-order valence-electron chi connectivity index (χ1n) is 9.00. The van der Waals surface area contributed by atoms with E-state index in [0.29, 0.717) is 0 Å². The number of fused-ring (bicyclic) bond motifs is 1. The molecule has 1 aromatic heterocycles. The van der Waals surface area contributed by atoms with Crippen molar-refractivity contribution in [2.24, 2.45) is 0 Å². The Kier molecular flexibility index (Phi) is 7.72. The maximum atomic E-state index is 5.43. The third-order valence-corrected chi connectivity index (χ3v) is 4.74. The van der Waals surface area contributed by atoms with Crippen LogP contribution in [-0.4, -0.2) is 9.55 Å². The monoisotopic (exact) mass is 318 g/mol. The molecule has 0 saturated carbocycles. The number of unbranched alkanes of at least 4 members (excludes halogenated alkanes) is 9. The van der Waals surface area contributed by atoms with Crippen LogP contribution in [0.1, 0.15) is 71.1 Å². The zero-order chi connectivity index (χ0) is 15.6.